The molecule has 3 amide bonds. The van der Waals surface area contributed by atoms with Crippen molar-refractivity contribution < 1.29 is 9.59 Å². The minimum Gasteiger partial charge on any atom is -0.309 e. The van der Waals surface area contributed by atoms with Crippen LogP contribution in [0.1, 0.15) is 56.9 Å². The highest BCUT2D eigenvalue weighted by Crippen LogP contribution is 2.44. The van der Waals surface area contributed by atoms with Crippen LogP contribution in [0.3, 0.4) is 0 Å². The Balaban J connectivity index is 1.40. The normalized spacial score (nSPS) is 20.8. The number of aromatic nitrogens is 2. The van der Waals surface area contributed by atoms with E-state index in [4.69, 9.17) is 0 Å². The third-order valence-electron chi connectivity index (χ3n) is 7.06. The van der Waals surface area contributed by atoms with Crippen LogP contribution in [0.25, 0.3) is 0 Å². The molecule has 2 aliphatic heterocycles. The Morgan fingerprint density at radius 2 is 1.93 bits per heavy atom. The van der Waals surface area contributed by atoms with Gasteiger partial charge in [-0.2, -0.15) is 5.10 Å². The van der Waals surface area contributed by atoms with Crippen molar-refractivity contribution in [2.75, 3.05) is 16.8 Å². The minimum absolute atomic E-state index is 0.00668. The first-order valence-corrected chi connectivity index (χ1v) is 10.4. The molecule has 0 unspecified atom stereocenters. The third-order valence-corrected chi connectivity index (χ3v) is 7.06. The highest BCUT2D eigenvalue weighted by atomic mass is 16.2. The largest absolute Gasteiger partial charge is 0.325 e. The number of anilines is 2. The highest BCUT2D eigenvalue weighted by molar-refractivity contribution is 5.97. The van der Waals surface area contributed by atoms with Crippen molar-refractivity contribution >= 4 is 23.4 Å². The quantitative estimate of drug-likeness (QED) is 0.815. The fourth-order valence-corrected chi connectivity index (χ4v) is 4.80. The summed E-state index contributed by atoms with van der Waals surface area (Å²) in [6.45, 7) is 7.18. The fraction of sp³-hybridized carbons (Fsp3) is 0.500. The van der Waals surface area contributed by atoms with Crippen molar-refractivity contribution in [3.05, 3.63) is 41.1 Å². The Kier molecular flexibility index (Phi) is 3.82. The summed E-state index contributed by atoms with van der Waals surface area (Å²) < 4.78 is 0. The second-order valence-corrected chi connectivity index (χ2v) is 9.25. The summed E-state index contributed by atoms with van der Waals surface area (Å²) in [6.07, 6.45) is 3.80. The van der Waals surface area contributed by atoms with Crippen molar-refractivity contribution in [3.8, 4) is 0 Å². The topological polar surface area (TPSA) is 81.3 Å². The van der Waals surface area contributed by atoms with Crippen molar-refractivity contribution in [1.29, 1.82) is 0 Å². The zero-order valence-corrected chi connectivity index (χ0v) is 17.2. The Hall–Kier alpha value is -2.83. The number of nitrogens with one attached hydrogen (secondary N) is 2. The van der Waals surface area contributed by atoms with Gasteiger partial charge in [0, 0.05) is 23.2 Å². The number of rotatable bonds is 2. The van der Waals surface area contributed by atoms with Gasteiger partial charge in [-0.05, 0) is 44.7 Å². The van der Waals surface area contributed by atoms with Crippen LogP contribution in [0, 0.1) is 5.41 Å². The molecule has 0 saturated heterocycles. The summed E-state index contributed by atoms with van der Waals surface area (Å²) in [7, 11) is 0. The lowest BCUT2D eigenvalue weighted by molar-refractivity contribution is -0.128. The number of fused-ring (bicyclic) bond motifs is 2. The molecule has 0 bridgehead atoms. The van der Waals surface area contributed by atoms with E-state index in [9.17, 15) is 9.59 Å². The van der Waals surface area contributed by atoms with Gasteiger partial charge < -0.3 is 10.2 Å². The number of aromatic amines is 1. The Morgan fingerprint density at radius 3 is 2.66 bits per heavy atom. The molecule has 0 radical (unpaired) electrons. The molecule has 3 heterocycles. The third kappa shape index (κ3) is 2.59. The molecule has 0 atom stereocenters. The molecule has 152 valence electrons. The van der Waals surface area contributed by atoms with Gasteiger partial charge in [0.25, 0.3) is 0 Å². The molecule has 7 nitrogen and oxygen atoms in total. The number of carbonyl (C=O) groups excluding carboxylic acids is 2. The van der Waals surface area contributed by atoms with Crippen LogP contribution < -0.4 is 10.2 Å². The summed E-state index contributed by atoms with van der Waals surface area (Å²) in [4.78, 5) is 29.9. The maximum absolute atomic E-state index is 13.5. The van der Waals surface area contributed by atoms with Crippen molar-refractivity contribution in [2.45, 2.75) is 58.5 Å². The minimum atomic E-state index is -0.527. The standard InChI is InChI=1S/C22H27N5O2/c1-21(2)17-15(18(25-24-17)23-19(28)22(3)10-6-11-22)13-27(21)20(29)26-12-9-14-7-4-5-8-16(14)26/h4-5,7-8H,6,9-13H2,1-3H3,(H2,23,24,25,28). The number of carbonyl (C=O) groups is 2. The molecule has 1 aliphatic carbocycles. The number of urea groups is 1. The van der Waals surface area contributed by atoms with Crippen LogP contribution in [0.2, 0.25) is 0 Å². The van der Waals surface area contributed by atoms with E-state index in [1.807, 2.05) is 48.8 Å². The van der Waals surface area contributed by atoms with Crippen LogP contribution >= 0.6 is 0 Å². The van der Waals surface area contributed by atoms with E-state index in [1.54, 1.807) is 0 Å². The van der Waals surface area contributed by atoms with Crippen molar-refractivity contribution in [1.82, 2.24) is 15.1 Å². The zero-order chi connectivity index (χ0) is 20.4. The molecule has 0 spiro atoms. The number of hydrogen-bond acceptors (Lipinski definition) is 3. The first-order valence-electron chi connectivity index (χ1n) is 10.4. The number of para-hydroxylation sites is 1. The van der Waals surface area contributed by atoms with E-state index < -0.39 is 5.54 Å². The first-order chi connectivity index (χ1) is 13.8. The van der Waals surface area contributed by atoms with Gasteiger partial charge in [-0.1, -0.05) is 31.5 Å². The fourth-order valence-electron chi connectivity index (χ4n) is 4.80. The summed E-state index contributed by atoms with van der Waals surface area (Å²) in [5.74, 6) is 0.581. The van der Waals surface area contributed by atoms with Crippen LogP contribution in [-0.2, 0) is 23.3 Å². The number of H-pyrrole nitrogens is 1. The maximum Gasteiger partial charge on any atom is 0.325 e. The predicted octanol–water partition coefficient (Wildman–Crippen LogP) is 3.77. The van der Waals surface area contributed by atoms with Gasteiger partial charge in [0.05, 0.1) is 17.8 Å². The van der Waals surface area contributed by atoms with Crippen molar-refractivity contribution in [2.24, 2.45) is 5.41 Å². The van der Waals surface area contributed by atoms with E-state index in [1.165, 1.54) is 5.56 Å². The summed E-state index contributed by atoms with van der Waals surface area (Å²) >= 11 is 0. The second kappa shape index (κ2) is 6.08. The first kappa shape index (κ1) is 18.2. The summed E-state index contributed by atoms with van der Waals surface area (Å²) in [5, 5.41) is 10.5. The smallest absolute Gasteiger partial charge is 0.309 e. The molecule has 1 aromatic heterocycles. The average Bonchev–Trinajstić information content (AvgIpc) is 3.34. The monoisotopic (exact) mass is 393 g/mol. The molecule has 1 saturated carbocycles. The van der Waals surface area contributed by atoms with Gasteiger partial charge >= 0.3 is 6.03 Å². The van der Waals surface area contributed by atoms with E-state index >= 15 is 0 Å². The van der Waals surface area contributed by atoms with Crippen molar-refractivity contribution in [3.63, 3.8) is 0 Å². The zero-order valence-electron chi connectivity index (χ0n) is 17.2. The lowest BCUT2D eigenvalue weighted by atomic mass is 9.70. The molecule has 1 aromatic carbocycles. The van der Waals surface area contributed by atoms with E-state index in [0.717, 1.165) is 42.6 Å². The SMILES string of the molecule is CC1(C(=O)Nc2n[nH]c3c2CN(C(=O)N2CCc4ccccc42)C3(C)C)CCC1. The average molecular weight is 393 g/mol. The Morgan fingerprint density at radius 1 is 1.17 bits per heavy atom. The molecule has 5 rings (SSSR count). The predicted molar refractivity (Wildman–Crippen MR) is 111 cm³/mol. The highest BCUT2D eigenvalue weighted by Gasteiger charge is 2.47. The van der Waals surface area contributed by atoms with Crippen LogP contribution in [0.15, 0.2) is 24.3 Å². The molecular formula is C22H27N5O2. The van der Waals surface area contributed by atoms with Gasteiger partial charge in [-0.15, -0.1) is 0 Å². The van der Waals surface area contributed by atoms with Gasteiger partial charge in [-0.25, -0.2) is 4.79 Å². The molecule has 1 fully saturated rings. The van der Waals surface area contributed by atoms with E-state index in [-0.39, 0.29) is 17.4 Å². The Bertz CT molecular complexity index is 1000. The molecule has 29 heavy (non-hydrogen) atoms. The molecular weight excluding hydrogens is 366 g/mol. The van der Waals surface area contributed by atoms with Crippen LogP contribution in [-0.4, -0.2) is 33.6 Å². The maximum atomic E-state index is 13.5. The van der Waals surface area contributed by atoms with E-state index in [2.05, 4.69) is 21.6 Å². The van der Waals surface area contributed by atoms with Gasteiger partial charge in [0.15, 0.2) is 5.82 Å². The molecule has 7 heteroatoms. The number of benzene rings is 1. The Labute approximate surface area is 170 Å². The second-order valence-electron chi connectivity index (χ2n) is 9.25. The van der Waals surface area contributed by atoms with Gasteiger partial charge in [-0.3, -0.25) is 14.8 Å². The molecule has 3 aliphatic rings. The molecule has 2 N–H and O–H groups in total. The molecule has 2 aromatic rings. The number of hydrogen-bond donors (Lipinski definition) is 2. The lowest BCUT2D eigenvalue weighted by Gasteiger charge is -2.36. The lowest BCUT2D eigenvalue weighted by Crippen LogP contribution is -2.48. The van der Waals surface area contributed by atoms with Gasteiger partial charge in [0.2, 0.25) is 5.91 Å². The van der Waals surface area contributed by atoms with Crippen LogP contribution in [0.5, 0.6) is 0 Å². The van der Waals surface area contributed by atoms with Gasteiger partial charge in [0.1, 0.15) is 0 Å². The number of amides is 3. The summed E-state index contributed by atoms with van der Waals surface area (Å²) in [5.41, 5.74) is 3.18. The van der Waals surface area contributed by atoms with Crippen LogP contribution in [0.4, 0.5) is 16.3 Å². The van der Waals surface area contributed by atoms with E-state index in [0.29, 0.717) is 18.9 Å². The number of nitrogens with zero attached hydrogens (tertiary/aromatic N) is 3. The summed E-state index contributed by atoms with van der Waals surface area (Å²) in [6, 6.07) is 8.07.